The number of sulfonamides is 1. The largest absolute Gasteiger partial charge is 0.243 e. The van der Waals surface area contributed by atoms with Crippen LogP contribution in [-0.4, -0.2) is 18.7 Å². The Morgan fingerprint density at radius 3 is 2.62 bits per heavy atom. The molecule has 2 aromatic rings. The van der Waals surface area contributed by atoms with Crippen molar-refractivity contribution in [2.75, 3.05) is 0 Å². The van der Waals surface area contributed by atoms with Crippen LogP contribution in [-0.2, 0) is 10.0 Å². The fourth-order valence-electron chi connectivity index (χ4n) is 0.939. The van der Waals surface area contributed by atoms with E-state index < -0.39 is 10.0 Å². The molecule has 0 saturated heterocycles. The minimum atomic E-state index is -3.68. The lowest BCUT2D eigenvalue weighted by molar-refractivity contribution is 0.315. The van der Waals surface area contributed by atoms with Gasteiger partial charge < -0.3 is 0 Å². The van der Waals surface area contributed by atoms with Gasteiger partial charge in [0.2, 0.25) is 10.0 Å². The first-order chi connectivity index (χ1) is 6.07. The summed E-state index contributed by atoms with van der Waals surface area (Å²) in [7, 11) is -3.68. The Hall–Kier alpha value is -1.47. The first-order valence-corrected chi connectivity index (χ1v) is 4.87. The van der Waals surface area contributed by atoms with Crippen LogP contribution in [0.5, 0.6) is 0 Å². The van der Waals surface area contributed by atoms with E-state index in [1.54, 1.807) is 0 Å². The van der Waals surface area contributed by atoms with Gasteiger partial charge in [0, 0.05) is 0 Å². The molecule has 7 heteroatoms. The lowest BCUT2D eigenvalue weighted by Gasteiger charge is -1.94. The van der Waals surface area contributed by atoms with E-state index >= 15 is 0 Å². The second-order valence-corrected chi connectivity index (χ2v) is 4.02. The van der Waals surface area contributed by atoms with Crippen molar-refractivity contribution in [1.29, 1.82) is 0 Å². The van der Waals surface area contributed by atoms with Crippen molar-refractivity contribution in [3.63, 3.8) is 0 Å². The van der Waals surface area contributed by atoms with Gasteiger partial charge in [-0.1, -0.05) is 0 Å². The van der Waals surface area contributed by atoms with Gasteiger partial charge in [-0.05, 0) is 28.5 Å². The standard InChI is InChI=1S/C6H5N3O3S/c7-13(10,11)4-1-2-5-6(3-4)9-12-8-5/h1-3H,(H2,7,10,11). The number of fused-ring (bicyclic) bond motifs is 1. The number of primary sulfonamides is 1. The molecule has 0 spiro atoms. The Labute approximate surface area is 73.4 Å². The van der Waals surface area contributed by atoms with Crippen molar-refractivity contribution in [3.05, 3.63) is 18.2 Å². The van der Waals surface area contributed by atoms with E-state index in [0.29, 0.717) is 11.0 Å². The molecule has 0 unspecified atom stereocenters. The van der Waals surface area contributed by atoms with E-state index in [4.69, 9.17) is 5.14 Å². The molecule has 0 saturated carbocycles. The maximum atomic E-state index is 10.9. The highest BCUT2D eigenvalue weighted by atomic mass is 32.2. The quantitative estimate of drug-likeness (QED) is 0.689. The summed E-state index contributed by atoms with van der Waals surface area (Å²) in [6.45, 7) is 0. The summed E-state index contributed by atoms with van der Waals surface area (Å²) in [4.78, 5) is -0.00398. The lowest BCUT2D eigenvalue weighted by Crippen LogP contribution is -2.11. The second-order valence-electron chi connectivity index (χ2n) is 2.46. The van der Waals surface area contributed by atoms with Gasteiger partial charge in [-0.15, -0.1) is 0 Å². The topological polar surface area (TPSA) is 99.1 Å². The van der Waals surface area contributed by atoms with Crippen molar-refractivity contribution >= 4 is 21.1 Å². The highest BCUT2D eigenvalue weighted by Gasteiger charge is 2.09. The van der Waals surface area contributed by atoms with Crippen LogP contribution < -0.4 is 5.14 Å². The van der Waals surface area contributed by atoms with Gasteiger partial charge in [-0.25, -0.2) is 18.2 Å². The summed E-state index contributed by atoms with van der Waals surface area (Å²) < 4.78 is 26.2. The van der Waals surface area contributed by atoms with Crippen molar-refractivity contribution in [2.45, 2.75) is 4.90 Å². The maximum Gasteiger partial charge on any atom is 0.238 e. The molecule has 2 rings (SSSR count). The van der Waals surface area contributed by atoms with E-state index in [9.17, 15) is 8.42 Å². The lowest BCUT2D eigenvalue weighted by atomic mass is 10.3. The summed E-state index contributed by atoms with van der Waals surface area (Å²) in [5.74, 6) is 0. The molecule has 0 fully saturated rings. The van der Waals surface area contributed by atoms with E-state index in [2.05, 4.69) is 14.9 Å². The SMILES string of the molecule is NS(=O)(=O)c1ccc2nonc2c1. The average molecular weight is 199 g/mol. The van der Waals surface area contributed by atoms with Gasteiger partial charge in [-0.2, -0.15) is 0 Å². The molecule has 0 amide bonds. The number of rotatable bonds is 1. The number of hydrogen-bond donors (Lipinski definition) is 1. The number of hydrogen-bond acceptors (Lipinski definition) is 5. The van der Waals surface area contributed by atoms with Gasteiger partial charge in [0.15, 0.2) is 0 Å². The maximum absolute atomic E-state index is 10.9. The van der Waals surface area contributed by atoms with Crippen molar-refractivity contribution in [3.8, 4) is 0 Å². The van der Waals surface area contributed by atoms with Crippen LogP contribution in [0, 0.1) is 0 Å². The predicted octanol–water partition coefficient (Wildman–Crippen LogP) is -0.130. The molecule has 0 aliphatic carbocycles. The van der Waals surface area contributed by atoms with Crippen LogP contribution in [0.1, 0.15) is 0 Å². The minimum absolute atomic E-state index is 0.00398. The zero-order chi connectivity index (χ0) is 9.47. The first kappa shape index (κ1) is 8.14. The Balaban J connectivity index is 2.75. The third kappa shape index (κ3) is 1.38. The Morgan fingerprint density at radius 2 is 1.92 bits per heavy atom. The molecular weight excluding hydrogens is 194 g/mol. The summed E-state index contributed by atoms with van der Waals surface area (Å²) >= 11 is 0. The van der Waals surface area contributed by atoms with Crippen molar-refractivity contribution in [1.82, 2.24) is 10.3 Å². The highest BCUT2D eigenvalue weighted by molar-refractivity contribution is 7.89. The van der Waals surface area contributed by atoms with Crippen LogP contribution in [0.15, 0.2) is 27.7 Å². The zero-order valence-electron chi connectivity index (χ0n) is 6.34. The van der Waals surface area contributed by atoms with Crippen LogP contribution in [0.25, 0.3) is 11.0 Å². The van der Waals surface area contributed by atoms with Crippen LogP contribution in [0.3, 0.4) is 0 Å². The van der Waals surface area contributed by atoms with Gasteiger partial charge in [0.25, 0.3) is 0 Å². The Kier molecular flexibility index (Phi) is 1.57. The molecule has 6 nitrogen and oxygen atoms in total. The van der Waals surface area contributed by atoms with Gasteiger partial charge in [0.05, 0.1) is 4.90 Å². The zero-order valence-corrected chi connectivity index (χ0v) is 7.15. The van der Waals surface area contributed by atoms with E-state index in [1.165, 1.54) is 18.2 Å². The van der Waals surface area contributed by atoms with Crippen molar-refractivity contribution < 1.29 is 13.0 Å². The third-order valence-corrected chi connectivity index (χ3v) is 2.46. The van der Waals surface area contributed by atoms with Crippen LogP contribution in [0.4, 0.5) is 0 Å². The summed E-state index contributed by atoms with van der Waals surface area (Å²) in [6.07, 6.45) is 0. The molecule has 2 N–H and O–H groups in total. The fraction of sp³-hybridized carbons (Fsp3) is 0. The molecule has 0 bridgehead atoms. The van der Waals surface area contributed by atoms with Crippen LogP contribution >= 0.6 is 0 Å². The summed E-state index contributed by atoms with van der Waals surface area (Å²) in [5, 5.41) is 11.9. The smallest absolute Gasteiger partial charge is 0.238 e. The molecule has 1 heterocycles. The van der Waals surface area contributed by atoms with Crippen molar-refractivity contribution in [2.24, 2.45) is 5.14 Å². The fourth-order valence-corrected chi connectivity index (χ4v) is 1.47. The van der Waals surface area contributed by atoms with E-state index in [0.717, 1.165) is 0 Å². The second kappa shape index (κ2) is 2.51. The Morgan fingerprint density at radius 1 is 1.23 bits per heavy atom. The van der Waals surface area contributed by atoms with E-state index in [1.807, 2.05) is 0 Å². The molecule has 1 aromatic carbocycles. The first-order valence-electron chi connectivity index (χ1n) is 3.32. The molecule has 0 aliphatic heterocycles. The number of aromatic nitrogens is 2. The molecule has 13 heavy (non-hydrogen) atoms. The van der Waals surface area contributed by atoms with E-state index in [-0.39, 0.29) is 4.90 Å². The monoisotopic (exact) mass is 199 g/mol. The molecule has 1 aromatic heterocycles. The molecule has 0 radical (unpaired) electrons. The molecule has 68 valence electrons. The Bertz CT molecular complexity index is 545. The highest BCUT2D eigenvalue weighted by Crippen LogP contribution is 2.14. The normalized spacial score (nSPS) is 12.1. The van der Waals surface area contributed by atoms with Gasteiger partial charge in [0.1, 0.15) is 11.0 Å². The average Bonchev–Trinajstić information content (AvgIpc) is 2.47. The van der Waals surface area contributed by atoms with Gasteiger partial charge >= 0.3 is 0 Å². The number of benzene rings is 1. The van der Waals surface area contributed by atoms with Crippen LogP contribution in [0.2, 0.25) is 0 Å². The molecular formula is C6H5N3O3S. The number of nitrogens with two attached hydrogens (primary N) is 1. The van der Waals surface area contributed by atoms with Gasteiger partial charge in [-0.3, -0.25) is 0 Å². The predicted molar refractivity (Wildman–Crippen MR) is 43.2 cm³/mol. The summed E-state index contributed by atoms with van der Waals surface area (Å²) in [5.41, 5.74) is 0.860. The molecule has 0 atom stereocenters. The minimum Gasteiger partial charge on any atom is -0.243 e. The number of nitrogens with zero attached hydrogens (tertiary/aromatic N) is 2. The summed E-state index contributed by atoms with van der Waals surface area (Å²) in [6, 6.07) is 4.13. The molecule has 0 aliphatic rings. The third-order valence-electron chi connectivity index (χ3n) is 1.55.